The molecule has 3 nitrogen and oxygen atoms in total. The largest absolute Gasteiger partial charge is 0.364 e. The number of carbonyl (C=O) groups excluding carboxylic acids is 1. The molecule has 2 aromatic rings. The third-order valence-electron chi connectivity index (χ3n) is 5.37. The van der Waals surface area contributed by atoms with Gasteiger partial charge in [-0.25, -0.2) is 13.2 Å². The normalized spacial score (nSPS) is 18.0. The number of anilines is 1. The Morgan fingerprint density at radius 3 is 2.22 bits per heavy atom. The van der Waals surface area contributed by atoms with Gasteiger partial charge in [-0.05, 0) is 60.2 Å². The minimum atomic E-state index is -0.693. The molecule has 1 aliphatic carbocycles. The second kappa shape index (κ2) is 7.35. The molecular weight excluding hydrogens is 353 g/mol. The number of rotatable bonds is 5. The summed E-state index contributed by atoms with van der Waals surface area (Å²) in [5.74, 6) is -1.15. The number of benzene rings is 2. The van der Waals surface area contributed by atoms with Crippen molar-refractivity contribution in [2.45, 2.75) is 12.8 Å². The van der Waals surface area contributed by atoms with E-state index in [4.69, 9.17) is 0 Å². The van der Waals surface area contributed by atoms with Crippen LogP contribution < -0.4 is 4.90 Å². The molecule has 0 N–H and O–H groups in total. The fourth-order valence-electron chi connectivity index (χ4n) is 3.72. The van der Waals surface area contributed by atoms with E-state index in [-0.39, 0.29) is 22.4 Å². The van der Waals surface area contributed by atoms with Crippen LogP contribution in [-0.4, -0.2) is 43.9 Å². The lowest BCUT2D eigenvalue weighted by atomic mass is 9.99. The molecule has 1 heterocycles. The molecule has 0 spiro atoms. The Kier molecular flexibility index (Phi) is 4.91. The summed E-state index contributed by atoms with van der Waals surface area (Å²) >= 11 is 0. The lowest BCUT2D eigenvalue weighted by Crippen LogP contribution is -2.47. The molecule has 4 rings (SSSR count). The standard InChI is InChI=1S/C21H21F3N2O/c22-17-4-3-15(13-27)18(11-17)16-9-19(23)21(20(24)10-16)26-7-5-25(6-8-26)12-14-1-2-14/h3-4,9-11,13-14H,1-2,5-8,12H2. The van der Waals surface area contributed by atoms with Gasteiger partial charge in [0.2, 0.25) is 0 Å². The van der Waals surface area contributed by atoms with Crippen molar-refractivity contribution in [3.05, 3.63) is 53.3 Å². The molecule has 2 aliphatic rings. The van der Waals surface area contributed by atoms with E-state index in [2.05, 4.69) is 4.90 Å². The highest BCUT2D eigenvalue weighted by Gasteiger charge is 2.28. The van der Waals surface area contributed by atoms with E-state index in [1.807, 2.05) is 0 Å². The molecule has 6 heteroatoms. The monoisotopic (exact) mass is 374 g/mol. The second-order valence-corrected chi connectivity index (χ2v) is 7.37. The van der Waals surface area contributed by atoms with E-state index >= 15 is 0 Å². The Morgan fingerprint density at radius 1 is 0.963 bits per heavy atom. The van der Waals surface area contributed by atoms with Gasteiger partial charge in [-0.2, -0.15) is 0 Å². The van der Waals surface area contributed by atoms with Crippen molar-refractivity contribution in [2.75, 3.05) is 37.6 Å². The van der Waals surface area contributed by atoms with Gasteiger partial charge >= 0.3 is 0 Å². The number of piperazine rings is 1. The minimum Gasteiger partial charge on any atom is -0.364 e. The van der Waals surface area contributed by atoms with Gasteiger partial charge in [-0.3, -0.25) is 9.69 Å². The van der Waals surface area contributed by atoms with Gasteiger partial charge in [0.25, 0.3) is 0 Å². The molecule has 0 bridgehead atoms. The van der Waals surface area contributed by atoms with Crippen molar-refractivity contribution in [1.29, 1.82) is 0 Å². The molecule has 27 heavy (non-hydrogen) atoms. The van der Waals surface area contributed by atoms with E-state index in [9.17, 15) is 18.0 Å². The summed E-state index contributed by atoms with van der Waals surface area (Å²) in [5.41, 5.74) is 0.483. The predicted octanol–water partition coefficient (Wildman–Crippen LogP) is 4.12. The van der Waals surface area contributed by atoms with Crippen LogP contribution in [0.2, 0.25) is 0 Å². The molecular formula is C21H21F3N2O. The van der Waals surface area contributed by atoms with E-state index in [1.165, 1.54) is 31.0 Å². The molecule has 0 radical (unpaired) electrons. The highest BCUT2D eigenvalue weighted by atomic mass is 19.1. The molecule has 1 saturated carbocycles. The van der Waals surface area contributed by atoms with Crippen LogP contribution in [0.15, 0.2) is 30.3 Å². The molecule has 2 aromatic carbocycles. The number of nitrogens with zero attached hydrogens (tertiary/aromatic N) is 2. The first-order valence-electron chi connectivity index (χ1n) is 9.26. The zero-order valence-electron chi connectivity index (χ0n) is 14.9. The molecule has 0 unspecified atom stereocenters. The first-order chi connectivity index (χ1) is 13.0. The van der Waals surface area contributed by atoms with Crippen LogP contribution in [0.5, 0.6) is 0 Å². The maximum atomic E-state index is 14.8. The Hall–Kier alpha value is -2.34. The number of hydrogen-bond donors (Lipinski definition) is 0. The zero-order chi connectivity index (χ0) is 19.0. The summed E-state index contributed by atoms with van der Waals surface area (Å²) in [6.45, 7) is 3.79. The highest BCUT2D eigenvalue weighted by molar-refractivity contribution is 5.87. The summed E-state index contributed by atoms with van der Waals surface area (Å²) in [7, 11) is 0. The molecule has 0 amide bonds. The summed E-state index contributed by atoms with van der Waals surface area (Å²) in [6.07, 6.45) is 3.12. The molecule has 1 saturated heterocycles. The molecule has 1 aliphatic heterocycles. The number of halogens is 3. The second-order valence-electron chi connectivity index (χ2n) is 7.37. The van der Waals surface area contributed by atoms with E-state index < -0.39 is 17.5 Å². The maximum Gasteiger partial charge on any atom is 0.150 e. The van der Waals surface area contributed by atoms with Crippen molar-refractivity contribution in [3.8, 4) is 11.1 Å². The summed E-state index contributed by atoms with van der Waals surface area (Å²) < 4.78 is 43.1. The Bertz CT molecular complexity index is 835. The van der Waals surface area contributed by atoms with Crippen LogP contribution in [0.3, 0.4) is 0 Å². The topological polar surface area (TPSA) is 23.6 Å². The summed E-state index contributed by atoms with van der Waals surface area (Å²) in [4.78, 5) is 15.3. The average Bonchev–Trinajstić information content (AvgIpc) is 3.46. The van der Waals surface area contributed by atoms with Crippen LogP contribution in [0.4, 0.5) is 18.9 Å². The maximum absolute atomic E-state index is 14.8. The fourth-order valence-corrected chi connectivity index (χ4v) is 3.72. The number of carbonyl (C=O) groups is 1. The Labute approximate surface area is 156 Å². The third-order valence-corrected chi connectivity index (χ3v) is 5.37. The smallest absolute Gasteiger partial charge is 0.150 e. The molecule has 0 aromatic heterocycles. The van der Waals surface area contributed by atoms with Crippen molar-refractivity contribution >= 4 is 12.0 Å². The molecule has 2 fully saturated rings. The predicted molar refractivity (Wildman–Crippen MR) is 98.5 cm³/mol. The van der Waals surface area contributed by atoms with E-state index in [0.29, 0.717) is 19.4 Å². The fraction of sp³-hybridized carbons (Fsp3) is 0.381. The van der Waals surface area contributed by atoms with Crippen molar-refractivity contribution in [1.82, 2.24) is 4.90 Å². The minimum absolute atomic E-state index is 0.0473. The first-order valence-corrected chi connectivity index (χ1v) is 9.26. The van der Waals surface area contributed by atoms with Gasteiger partial charge in [0.1, 0.15) is 23.1 Å². The lowest BCUT2D eigenvalue weighted by molar-refractivity contribution is 0.112. The molecule has 0 atom stereocenters. The van der Waals surface area contributed by atoms with Crippen LogP contribution in [0.1, 0.15) is 23.2 Å². The Balaban J connectivity index is 1.57. The van der Waals surface area contributed by atoms with Gasteiger partial charge in [0, 0.05) is 38.3 Å². The van der Waals surface area contributed by atoms with Crippen molar-refractivity contribution in [2.24, 2.45) is 5.92 Å². The first kappa shape index (κ1) is 18.0. The van der Waals surface area contributed by atoms with Gasteiger partial charge < -0.3 is 4.90 Å². The van der Waals surface area contributed by atoms with Gasteiger partial charge in [-0.1, -0.05) is 0 Å². The van der Waals surface area contributed by atoms with Crippen LogP contribution in [0.25, 0.3) is 11.1 Å². The third kappa shape index (κ3) is 3.86. The van der Waals surface area contributed by atoms with Crippen LogP contribution in [0, 0.1) is 23.4 Å². The van der Waals surface area contributed by atoms with E-state index in [1.54, 1.807) is 4.90 Å². The van der Waals surface area contributed by atoms with Crippen molar-refractivity contribution in [3.63, 3.8) is 0 Å². The van der Waals surface area contributed by atoms with Crippen LogP contribution in [-0.2, 0) is 0 Å². The summed E-state index contributed by atoms with van der Waals surface area (Å²) in [6, 6.07) is 5.93. The number of aldehydes is 1. The molecule has 142 valence electrons. The Morgan fingerprint density at radius 2 is 1.63 bits per heavy atom. The zero-order valence-corrected chi connectivity index (χ0v) is 14.9. The van der Waals surface area contributed by atoms with Crippen LogP contribution >= 0.6 is 0 Å². The van der Waals surface area contributed by atoms with Crippen molar-refractivity contribution < 1.29 is 18.0 Å². The summed E-state index contributed by atoms with van der Waals surface area (Å²) in [5, 5.41) is 0. The van der Waals surface area contributed by atoms with Gasteiger partial charge in [-0.15, -0.1) is 0 Å². The van der Waals surface area contributed by atoms with Gasteiger partial charge in [0.05, 0.1) is 0 Å². The average molecular weight is 374 g/mol. The highest BCUT2D eigenvalue weighted by Crippen LogP contribution is 2.33. The number of hydrogen-bond acceptors (Lipinski definition) is 3. The SMILES string of the molecule is O=Cc1ccc(F)cc1-c1cc(F)c(N2CCN(CC3CC3)CC2)c(F)c1. The lowest BCUT2D eigenvalue weighted by Gasteiger charge is -2.36. The quantitative estimate of drug-likeness (QED) is 0.736. The van der Waals surface area contributed by atoms with Gasteiger partial charge in [0.15, 0.2) is 6.29 Å². The van der Waals surface area contributed by atoms with E-state index in [0.717, 1.165) is 37.7 Å².